The summed E-state index contributed by atoms with van der Waals surface area (Å²) in [7, 11) is 1.61. The molecule has 2 N–H and O–H groups in total. The maximum Gasteiger partial charge on any atom is 0.339 e. The van der Waals surface area contributed by atoms with Crippen LogP contribution < -0.4 is 5.73 Å². The fourth-order valence-corrected chi connectivity index (χ4v) is 1.54. The number of ether oxygens (including phenoxy) is 3. The lowest BCUT2D eigenvalue weighted by atomic mass is 10.2. The number of carbonyl (C=O) groups excluding carboxylic acids is 1. The Hall–Kier alpha value is -1.30. The van der Waals surface area contributed by atoms with Crippen molar-refractivity contribution in [3.63, 3.8) is 0 Å². The summed E-state index contributed by atoms with van der Waals surface area (Å²) in [6.07, 6.45) is 0.620. The lowest BCUT2D eigenvalue weighted by Crippen LogP contribution is -2.10. The first-order valence-corrected chi connectivity index (χ1v) is 6.31. The lowest BCUT2D eigenvalue weighted by molar-refractivity contribution is 0.0386. The number of nitrogens with two attached hydrogens (primary N) is 1. The summed E-state index contributed by atoms with van der Waals surface area (Å²) >= 11 is 5.89. The van der Waals surface area contributed by atoms with Gasteiger partial charge in [0, 0.05) is 25.8 Å². The normalized spacial score (nSPS) is 10.4. The van der Waals surface area contributed by atoms with Crippen LogP contribution >= 0.6 is 11.6 Å². The van der Waals surface area contributed by atoms with E-state index in [4.69, 9.17) is 31.5 Å². The molecule has 0 amide bonds. The third-order valence-electron chi connectivity index (χ3n) is 2.31. The number of hydrogen-bond acceptors (Lipinski definition) is 5. The van der Waals surface area contributed by atoms with Crippen LogP contribution in [0.3, 0.4) is 0 Å². The van der Waals surface area contributed by atoms with Gasteiger partial charge in [0.15, 0.2) is 0 Å². The second-order valence-electron chi connectivity index (χ2n) is 3.83. The molecule has 0 saturated carbocycles. The maximum absolute atomic E-state index is 11.7. The minimum atomic E-state index is -0.478. The number of anilines is 1. The van der Waals surface area contributed by atoms with Gasteiger partial charge >= 0.3 is 5.97 Å². The van der Waals surface area contributed by atoms with Gasteiger partial charge in [-0.05, 0) is 18.2 Å². The number of halogens is 1. The van der Waals surface area contributed by atoms with Crippen LogP contribution in [0.2, 0.25) is 5.02 Å². The first-order valence-electron chi connectivity index (χ1n) is 5.94. The van der Waals surface area contributed by atoms with Gasteiger partial charge in [0.2, 0.25) is 0 Å². The van der Waals surface area contributed by atoms with Crippen molar-refractivity contribution in [3.8, 4) is 0 Å². The molecule has 6 heteroatoms. The van der Waals surface area contributed by atoms with Crippen molar-refractivity contribution < 1.29 is 19.0 Å². The number of esters is 1. The average Bonchev–Trinajstić information content (AvgIpc) is 2.40. The van der Waals surface area contributed by atoms with Gasteiger partial charge in [-0.15, -0.1) is 0 Å². The van der Waals surface area contributed by atoms with Crippen molar-refractivity contribution in [3.05, 3.63) is 28.8 Å². The standard InChI is InChI=1S/C13H18ClNO4/c1-17-7-8-18-5-2-6-19-13(16)11-9-10(15)3-4-12(11)14/h3-4,9H,2,5-8,15H2,1H3. The fourth-order valence-electron chi connectivity index (χ4n) is 1.35. The number of nitrogen functional groups attached to an aromatic ring is 1. The average molecular weight is 288 g/mol. The molecule has 0 atom stereocenters. The monoisotopic (exact) mass is 287 g/mol. The van der Waals surface area contributed by atoms with E-state index in [1.807, 2.05) is 0 Å². The zero-order valence-corrected chi connectivity index (χ0v) is 11.6. The smallest absolute Gasteiger partial charge is 0.339 e. The van der Waals surface area contributed by atoms with Crippen molar-refractivity contribution in [1.82, 2.24) is 0 Å². The van der Waals surface area contributed by atoms with Crippen LogP contribution in [0.1, 0.15) is 16.8 Å². The van der Waals surface area contributed by atoms with Crippen LogP contribution in [0.25, 0.3) is 0 Å². The summed E-state index contributed by atoms with van der Waals surface area (Å²) in [6.45, 7) is 1.88. The highest BCUT2D eigenvalue weighted by Crippen LogP contribution is 2.19. The van der Waals surface area contributed by atoms with Gasteiger partial charge in [0.1, 0.15) is 0 Å². The van der Waals surface area contributed by atoms with E-state index in [9.17, 15) is 4.79 Å². The van der Waals surface area contributed by atoms with Crippen molar-refractivity contribution in [2.75, 3.05) is 39.3 Å². The topological polar surface area (TPSA) is 70.8 Å². The minimum Gasteiger partial charge on any atom is -0.462 e. The molecule has 0 saturated heterocycles. The predicted octanol–water partition coefficient (Wildman–Crippen LogP) is 2.13. The summed E-state index contributed by atoms with van der Waals surface area (Å²) in [6, 6.07) is 4.70. The third kappa shape index (κ3) is 5.92. The van der Waals surface area contributed by atoms with E-state index in [1.54, 1.807) is 19.2 Å². The van der Waals surface area contributed by atoms with Crippen LogP contribution in [-0.2, 0) is 14.2 Å². The van der Waals surface area contributed by atoms with Crippen molar-refractivity contribution in [2.24, 2.45) is 0 Å². The Balaban J connectivity index is 2.26. The van der Waals surface area contributed by atoms with Crippen molar-refractivity contribution in [1.29, 1.82) is 0 Å². The molecule has 1 aromatic carbocycles. The number of rotatable bonds is 8. The molecule has 0 aliphatic carbocycles. The summed E-state index contributed by atoms with van der Waals surface area (Å²) in [5.74, 6) is -0.478. The van der Waals surface area contributed by atoms with Crippen LogP contribution in [0.4, 0.5) is 5.69 Å². The predicted molar refractivity (Wildman–Crippen MR) is 73.5 cm³/mol. The molecule has 0 bridgehead atoms. The minimum absolute atomic E-state index is 0.275. The van der Waals surface area contributed by atoms with E-state index in [0.717, 1.165) is 0 Å². The highest BCUT2D eigenvalue weighted by atomic mass is 35.5. The quantitative estimate of drug-likeness (QED) is 0.450. The van der Waals surface area contributed by atoms with Gasteiger partial charge in [-0.1, -0.05) is 11.6 Å². The van der Waals surface area contributed by atoms with Crippen LogP contribution in [0, 0.1) is 0 Å². The van der Waals surface area contributed by atoms with E-state index in [1.165, 1.54) is 6.07 Å². The van der Waals surface area contributed by atoms with Crippen molar-refractivity contribution >= 4 is 23.3 Å². The Labute approximate surface area is 117 Å². The van der Waals surface area contributed by atoms with Gasteiger partial charge in [0.25, 0.3) is 0 Å². The summed E-state index contributed by atoms with van der Waals surface area (Å²) in [5.41, 5.74) is 6.34. The first-order chi connectivity index (χ1) is 9.15. The fraction of sp³-hybridized carbons (Fsp3) is 0.462. The maximum atomic E-state index is 11.7. The molecule has 5 nitrogen and oxygen atoms in total. The van der Waals surface area contributed by atoms with E-state index < -0.39 is 5.97 Å². The molecule has 0 unspecified atom stereocenters. The zero-order chi connectivity index (χ0) is 14.1. The van der Waals surface area contributed by atoms with Crippen molar-refractivity contribution in [2.45, 2.75) is 6.42 Å². The number of hydrogen-bond donors (Lipinski definition) is 1. The molecular weight excluding hydrogens is 270 g/mol. The Bertz CT molecular complexity index is 412. The Morgan fingerprint density at radius 2 is 2.05 bits per heavy atom. The second kappa shape index (κ2) is 8.74. The summed E-state index contributed by atoms with van der Waals surface area (Å²) in [5, 5.41) is 0.329. The molecule has 106 valence electrons. The molecule has 0 heterocycles. The van der Waals surface area contributed by atoms with Gasteiger partial charge in [-0.2, -0.15) is 0 Å². The Morgan fingerprint density at radius 1 is 1.26 bits per heavy atom. The Morgan fingerprint density at radius 3 is 2.79 bits per heavy atom. The largest absolute Gasteiger partial charge is 0.462 e. The molecular formula is C13H18ClNO4. The van der Waals surface area contributed by atoms with Gasteiger partial charge < -0.3 is 19.9 Å². The van der Waals surface area contributed by atoms with Gasteiger partial charge in [-0.25, -0.2) is 4.79 Å². The molecule has 1 rings (SSSR count). The van der Waals surface area contributed by atoms with Crippen LogP contribution in [0.15, 0.2) is 18.2 Å². The highest BCUT2D eigenvalue weighted by Gasteiger charge is 2.11. The molecule has 19 heavy (non-hydrogen) atoms. The Kier molecular flexibility index (Phi) is 7.25. The van der Waals surface area contributed by atoms with E-state index in [0.29, 0.717) is 37.0 Å². The first kappa shape index (κ1) is 15.8. The SMILES string of the molecule is COCCOCCCOC(=O)c1cc(N)ccc1Cl. The molecule has 0 aliphatic rings. The molecule has 0 radical (unpaired) electrons. The highest BCUT2D eigenvalue weighted by molar-refractivity contribution is 6.33. The van der Waals surface area contributed by atoms with E-state index >= 15 is 0 Å². The molecule has 0 aromatic heterocycles. The van der Waals surface area contributed by atoms with E-state index in [2.05, 4.69) is 0 Å². The molecule has 0 fully saturated rings. The lowest BCUT2D eigenvalue weighted by Gasteiger charge is -2.07. The summed E-state index contributed by atoms with van der Waals surface area (Å²) < 4.78 is 15.2. The van der Waals surface area contributed by atoms with Gasteiger partial charge in [-0.3, -0.25) is 0 Å². The molecule has 0 aliphatic heterocycles. The van der Waals surface area contributed by atoms with E-state index in [-0.39, 0.29) is 12.2 Å². The summed E-state index contributed by atoms with van der Waals surface area (Å²) in [4.78, 5) is 11.7. The van der Waals surface area contributed by atoms with Crippen LogP contribution in [0.5, 0.6) is 0 Å². The molecule has 1 aromatic rings. The number of methoxy groups -OCH3 is 1. The third-order valence-corrected chi connectivity index (χ3v) is 2.64. The number of carbonyl (C=O) groups is 1. The zero-order valence-electron chi connectivity index (χ0n) is 10.9. The second-order valence-corrected chi connectivity index (χ2v) is 4.24. The van der Waals surface area contributed by atoms with Gasteiger partial charge in [0.05, 0.1) is 30.4 Å². The number of benzene rings is 1. The molecule has 0 spiro atoms. The van der Waals surface area contributed by atoms with Crippen LogP contribution in [-0.4, -0.2) is 39.5 Å².